The van der Waals surface area contributed by atoms with Gasteiger partial charge in [0.2, 0.25) is 0 Å². The van der Waals surface area contributed by atoms with Gasteiger partial charge in [-0.25, -0.2) is 4.98 Å². The molecular formula is C13H22N4OS2. The molecule has 5 nitrogen and oxygen atoms in total. The monoisotopic (exact) mass is 314 g/mol. The van der Waals surface area contributed by atoms with Gasteiger partial charge >= 0.3 is 0 Å². The lowest BCUT2D eigenvalue weighted by Gasteiger charge is -2.42. The Morgan fingerprint density at radius 2 is 1.90 bits per heavy atom. The molecule has 2 atom stereocenters. The first kappa shape index (κ1) is 15.8. The molecule has 0 aromatic carbocycles. The third-order valence-corrected chi connectivity index (χ3v) is 4.47. The second-order valence-corrected chi connectivity index (χ2v) is 5.53. The summed E-state index contributed by atoms with van der Waals surface area (Å²) < 4.78 is 5.30. The third kappa shape index (κ3) is 2.47. The Balaban J connectivity index is 0.000000735. The average molecular weight is 314 g/mol. The van der Waals surface area contributed by atoms with E-state index in [1.165, 1.54) is 18.7 Å². The number of nitrogens with two attached hydrogens (primary N) is 1. The van der Waals surface area contributed by atoms with Crippen LogP contribution < -0.4 is 10.6 Å². The van der Waals surface area contributed by atoms with E-state index in [2.05, 4.69) is 20.9 Å². The molecule has 4 rings (SSSR count). The number of piperazine rings is 1. The highest BCUT2D eigenvalue weighted by atomic mass is 32.1. The summed E-state index contributed by atoms with van der Waals surface area (Å²) in [6.07, 6.45) is 3.17. The second-order valence-electron chi connectivity index (χ2n) is 5.53. The summed E-state index contributed by atoms with van der Waals surface area (Å²) >= 11 is 0. The molecule has 4 heterocycles. The molecular weight excluding hydrogens is 292 g/mol. The maximum Gasteiger partial charge on any atom is 0.123 e. The van der Waals surface area contributed by atoms with Crippen molar-refractivity contribution in [3.8, 4) is 0 Å². The molecule has 0 unspecified atom stereocenters. The molecule has 3 fully saturated rings. The Bertz CT molecular complexity index is 454. The number of nitrogen functional groups attached to an aromatic ring is 1. The number of anilines is 2. The number of aromatic nitrogens is 1. The molecule has 0 amide bonds. The zero-order valence-electron chi connectivity index (χ0n) is 11.3. The third-order valence-electron chi connectivity index (χ3n) is 4.47. The smallest absolute Gasteiger partial charge is 0.123 e. The standard InChI is InChI=1S/C13H18N4O.2H2S/c14-13-2-1-9(4-15-13)16-5-11-3-10(16)6-17(11)12-7-18-8-12;;/h1-2,4,10-12H,3,5-8H2,(H2,14,15);2*1H2/t10-,11-;;/m0../s1. The number of likely N-dealkylation sites (tertiary alicyclic amines) is 1. The van der Waals surface area contributed by atoms with Crippen LogP contribution in [0.15, 0.2) is 18.3 Å². The average Bonchev–Trinajstić information content (AvgIpc) is 2.87. The van der Waals surface area contributed by atoms with E-state index in [4.69, 9.17) is 10.5 Å². The first-order valence-electron chi connectivity index (χ1n) is 6.63. The lowest BCUT2D eigenvalue weighted by Crippen LogP contribution is -2.56. The summed E-state index contributed by atoms with van der Waals surface area (Å²) in [4.78, 5) is 9.30. The summed E-state index contributed by atoms with van der Waals surface area (Å²) in [5, 5.41) is 0. The van der Waals surface area contributed by atoms with E-state index in [0.29, 0.717) is 23.9 Å². The van der Waals surface area contributed by atoms with Gasteiger partial charge in [0.1, 0.15) is 5.82 Å². The van der Waals surface area contributed by atoms with Gasteiger partial charge in [0.15, 0.2) is 0 Å². The molecule has 2 N–H and O–H groups in total. The predicted octanol–water partition coefficient (Wildman–Crippen LogP) is 0.551. The Morgan fingerprint density at radius 3 is 2.40 bits per heavy atom. The number of hydrogen-bond donors (Lipinski definition) is 1. The van der Waals surface area contributed by atoms with Crippen LogP contribution in [0, 0.1) is 0 Å². The summed E-state index contributed by atoms with van der Waals surface area (Å²) in [7, 11) is 0. The van der Waals surface area contributed by atoms with Crippen molar-refractivity contribution in [2.45, 2.75) is 24.5 Å². The molecule has 1 aromatic rings. The molecule has 0 aliphatic carbocycles. The van der Waals surface area contributed by atoms with Crippen LogP contribution in [0.25, 0.3) is 0 Å². The number of ether oxygens (including phenoxy) is 1. The molecule has 3 saturated heterocycles. The minimum atomic E-state index is 0. The molecule has 112 valence electrons. The van der Waals surface area contributed by atoms with Gasteiger partial charge < -0.3 is 15.4 Å². The van der Waals surface area contributed by atoms with Crippen molar-refractivity contribution in [1.82, 2.24) is 9.88 Å². The topological polar surface area (TPSA) is 54.6 Å². The van der Waals surface area contributed by atoms with Gasteiger partial charge in [-0.3, -0.25) is 4.90 Å². The van der Waals surface area contributed by atoms with Crippen molar-refractivity contribution >= 4 is 38.5 Å². The first-order valence-corrected chi connectivity index (χ1v) is 6.63. The van der Waals surface area contributed by atoms with E-state index in [0.717, 1.165) is 19.8 Å². The fraction of sp³-hybridized carbons (Fsp3) is 0.615. The minimum absolute atomic E-state index is 0. The van der Waals surface area contributed by atoms with Gasteiger partial charge in [-0.2, -0.15) is 27.0 Å². The number of fused-ring (bicyclic) bond motifs is 2. The fourth-order valence-electron chi connectivity index (χ4n) is 3.44. The van der Waals surface area contributed by atoms with Gasteiger partial charge in [0, 0.05) is 25.2 Å². The van der Waals surface area contributed by atoms with Crippen LogP contribution >= 0.6 is 27.0 Å². The highest BCUT2D eigenvalue weighted by Gasteiger charge is 2.47. The Kier molecular flexibility index (Phi) is 4.73. The van der Waals surface area contributed by atoms with Crippen molar-refractivity contribution < 1.29 is 4.74 Å². The zero-order valence-corrected chi connectivity index (χ0v) is 13.3. The van der Waals surface area contributed by atoms with Gasteiger partial charge in [0.05, 0.1) is 31.1 Å². The molecule has 2 bridgehead atoms. The van der Waals surface area contributed by atoms with E-state index in [-0.39, 0.29) is 27.0 Å². The minimum Gasteiger partial charge on any atom is -0.384 e. The van der Waals surface area contributed by atoms with E-state index in [1.54, 1.807) is 0 Å². The highest BCUT2D eigenvalue weighted by Crippen LogP contribution is 2.36. The largest absolute Gasteiger partial charge is 0.384 e. The SMILES string of the molecule is Nc1ccc(N2C[C@@H]3C[C@H]2CN3C2COC2)cn1.S.S. The van der Waals surface area contributed by atoms with Crippen LogP contribution in [0.5, 0.6) is 0 Å². The van der Waals surface area contributed by atoms with Crippen LogP contribution in [0.2, 0.25) is 0 Å². The van der Waals surface area contributed by atoms with E-state index >= 15 is 0 Å². The summed E-state index contributed by atoms with van der Waals surface area (Å²) in [6.45, 7) is 4.13. The maximum atomic E-state index is 5.64. The van der Waals surface area contributed by atoms with E-state index in [1.807, 2.05) is 12.3 Å². The maximum absolute atomic E-state index is 5.64. The van der Waals surface area contributed by atoms with Crippen molar-refractivity contribution in [3.63, 3.8) is 0 Å². The number of pyridine rings is 1. The molecule has 0 radical (unpaired) electrons. The van der Waals surface area contributed by atoms with Gasteiger partial charge in [-0.15, -0.1) is 0 Å². The lowest BCUT2D eigenvalue weighted by molar-refractivity contribution is -0.0708. The van der Waals surface area contributed by atoms with E-state index < -0.39 is 0 Å². The van der Waals surface area contributed by atoms with Gasteiger partial charge in [-0.05, 0) is 18.6 Å². The predicted molar refractivity (Wildman–Crippen MR) is 90.3 cm³/mol. The normalized spacial score (nSPS) is 28.7. The molecule has 0 saturated carbocycles. The van der Waals surface area contributed by atoms with Crippen molar-refractivity contribution in [1.29, 1.82) is 0 Å². The van der Waals surface area contributed by atoms with Crippen molar-refractivity contribution in [2.24, 2.45) is 0 Å². The summed E-state index contributed by atoms with van der Waals surface area (Å²) in [6, 6.07) is 5.98. The molecule has 0 spiro atoms. The van der Waals surface area contributed by atoms with Crippen LogP contribution in [-0.2, 0) is 4.74 Å². The molecule has 7 heteroatoms. The summed E-state index contributed by atoms with van der Waals surface area (Å²) in [5.74, 6) is 0.594. The van der Waals surface area contributed by atoms with E-state index in [9.17, 15) is 0 Å². The quantitative estimate of drug-likeness (QED) is 0.864. The number of nitrogens with zero attached hydrogens (tertiary/aromatic N) is 3. The van der Waals surface area contributed by atoms with Crippen LogP contribution in [0.1, 0.15) is 6.42 Å². The highest BCUT2D eigenvalue weighted by molar-refractivity contribution is 7.59. The summed E-state index contributed by atoms with van der Waals surface area (Å²) in [5.41, 5.74) is 6.85. The Labute approximate surface area is 133 Å². The zero-order chi connectivity index (χ0) is 12.1. The number of rotatable bonds is 2. The van der Waals surface area contributed by atoms with Crippen LogP contribution in [0.4, 0.5) is 11.5 Å². The first-order chi connectivity index (χ1) is 8.81. The molecule has 3 aliphatic heterocycles. The molecule has 1 aromatic heterocycles. The van der Waals surface area contributed by atoms with Crippen LogP contribution in [-0.4, -0.2) is 54.3 Å². The van der Waals surface area contributed by atoms with Gasteiger partial charge in [-0.1, -0.05) is 0 Å². The van der Waals surface area contributed by atoms with Crippen molar-refractivity contribution in [3.05, 3.63) is 18.3 Å². The van der Waals surface area contributed by atoms with Gasteiger partial charge in [0.25, 0.3) is 0 Å². The number of hydrogen-bond acceptors (Lipinski definition) is 5. The second kappa shape index (κ2) is 6.01. The lowest BCUT2D eigenvalue weighted by atomic mass is 10.1. The molecule has 3 aliphatic rings. The van der Waals surface area contributed by atoms with Crippen molar-refractivity contribution in [2.75, 3.05) is 36.9 Å². The molecule has 20 heavy (non-hydrogen) atoms. The fourth-order valence-corrected chi connectivity index (χ4v) is 3.44. The Morgan fingerprint density at radius 1 is 1.10 bits per heavy atom. The van der Waals surface area contributed by atoms with Crippen LogP contribution in [0.3, 0.4) is 0 Å². The Hall–Kier alpha value is -0.630.